The molecular formula is C25H27N3O4. The predicted molar refractivity (Wildman–Crippen MR) is 123 cm³/mol. The average molecular weight is 434 g/mol. The summed E-state index contributed by atoms with van der Waals surface area (Å²) in [5.74, 6) is -1.23. The van der Waals surface area contributed by atoms with Crippen molar-refractivity contribution in [3.63, 3.8) is 0 Å². The van der Waals surface area contributed by atoms with Gasteiger partial charge in [-0.05, 0) is 51.0 Å². The third-order valence-electron chi connectivity index (χ3n) is 5.21. The number of hydrogen-bond donors (Lipinski definition) is 3. The van der Waals surface area contributed by atoms with Crippen LogP contribution in [0.3, 0.4) is 0 Å². The number of H-pyrrole nitrogens is 1. The maximum Gasteiger partial charge on any atom is 0.340 e. The lowest BCUT2D eigenvalue weighted by molar-refractivity contribution is 0.0524. The standard InChI is InChI=1S/C25H27N3O4/c1-5-32-25(31)21-15(2)22(26-17(21)4)24(30)28-20-14-10-9-13-19(20)23(29)27-16(3)18-11-7-6-8-12-18/h6-14,16,26H,5H2,1-4H3,(H,27,29)(H,28,30). The van der Waals surface area contributed by atoms with Gasteiger partial charge in [0.05, 0.1) is 29.5 Å². The molecule has 1 atom stereocenters. The number of nitrogens with one attached hydrogen (secondary N) is 3. The number of aromatic nitrogens is 1. The molecule has 166 valence electrons. The molecule has 1 unspecified atom stereocenters. The van der Waals surface area contributed by atoms with E-state index >= 15 is 0 Å². The van der Waals surface area contributed by atoms with Crippen molar-refractivity contribution in [3.05, 3.63) is 88.2 Å². The first-order valence-electron chi connectivity index (χ1n) is 10.5. The summed E-state index contributed by atoms with van der Waals surface area (Å²) in [5.41, 5.74) is 3.34. The van der Waals surface area contributed by atoms with Gasteiger partial charge in [0.25, 0.3) is 11.8 Å². The van der Waals surface area contributed by atoms with Gasteiger partial charge in [0.1, 0.15) is 5.69 Å². The van der Waals surface area contributed by atoms with E-state index in [-0.39, 0.29) is 24.2 Å². The quantitative estimate of drug-likeness (QED) is 0.476. The van der Waals surface area contributed by atoms with Crippen LogP contribution in [0.2, 0.25) is 0 Å². The summed E-state index contributed by atoms with van der Waals surface area (Å²) in [6.07, 6.45) is 0. The van der Waals surface area contributed by atoms with Crippen LogP contribution >= 0.6 is 0 Å². The molecule has 2 amide bonds. The third kappa shape index (κ3) is 4.88. The Balaban J connectivity index is 1.81. The second-order valence-electron chi connectivity index (χ2n) is 7.45. The molecule has 7 heteroatoms. The maximum atomic E-state index is 13.0. The number of ether oxygens (including phenoxy) is 1. The van der Waals surface area contributed by atoms with Gasteiger partial charge in [0.2, 0.25) is 0 Å². The summed E-state index contributed by atoms with van der Waals surface area (Å²) in [4.78, 5) is 41.1. The fraction of sp³-hybridized carbons (Fsp3) is 0.240. The Morgan fingerprint density at radius 1 is 0.969 bits per heavy atom. The Morgan fingerprint density at radius 3 is 2.31 bits per heavy atom. The van der Waals surface area contributed by atoms with E-state index in [0.717, 1.165) is 5.56 Å². The normalized spacial score (nSPS) is 11.5. The number of carbonyl (C=O) groups excluding carboxylic acids is 3. The largest absolute Gasteiger partial charge is 0.462 e. The highest BCUT2D eigenvalue weighted by atomic mass is 16.5. The van der Waals surface area contributed by atoms with Gasteiger partial charge in [-0.25, -0.2) is 4.79 Å². The zero-order valence-electron chi connectivity index (χ0n) is 18.6. The third-order valence-corrected chi connectivity index (χ3v) is 5.21. The van der Waals surface area contributed by atoms with Gasteiger partial charge >= 0.3 is 5.97 Å². The predicted octanol–water partition coefficient (Wildman–Crippen LogP) is 4.55. The van der Waals surface area contributed by atoms with Gasteiger partial charge in [0.15, 0.2) is 0 Å². The van der Waals surface area contributed by atoms with Crippen LogP contribution in [0.4, 0.5) is 5.69 Å². The van der Waals surface area contributed by atoms with Crippen molar-refractivity contribution in [3.8, 4) is 0 Å². The molecule has 3 aromatic rings. The molecule has 0 spiro atoms. The SMILES string of the molecule is CCOC(=O)c1c(C)[nH]c(C(=O)Nc2ccccc2C(=O)NC(C)c2ccccc2)c1C. The molecule has 1 aromatic heterocycles. The smallest absolute Gasteiger partial charge is 0.340 e. The minimum absolute atomic E-state index is 0.201. The molecule has 1 heterocycles. The van der Waals surface area contributed by atoms with Gasteiger partial charge in [-0.1, -0.05) is 42.5 Å². The zero-order valence-corrected chi connectivity index (χ0v) is 18.6. The van der Waals surface area contributed by atoms with E-state index in [9.17, 15) is 14.4 Å². The van der Waals surface area contributed by atoms with E-state index in [0.29, 0.717) is 28.1 Å². The van der Waals surface area contributed by atoms with Crippen LogP contribution in [-0.2, 0) is 4.74 Å². The molecule has 0 bridgehead atoms. The molecule has 32 heavy (non-hydrogen) atoms. The summed E-state index contributed by atoms with van der Waals surface area (Å²) in [6, 6.07) is 16.2. The summed E-state index contributed by atoms with van der Waals surface area (Å²) in [5, 5.41) is 5.75. The van der Waals surface area contributed by atoms with E-state index in [1.165, 1.54) is 0 Å². The topological polar surface area (TPSA) is 100 Å². The molecule has 7 nitrogen and oxygen atoms in total. The van der Waals surface area contributed by atoms with Crippen LogP contribution in [0.5, 0.6) is 0 Å². The number of aryl methyl sites for hydroxylation is 1. The second-order valence-corrected chi connectivity index (χ2v) is 7.45. The number of aromatic amines is 1. The minimum Gasteiger partial charge on any atom is -0.462 e. The average Bonchev–Trinajstić information content (AvgIpc) is 3.08. The van der Waals surface area contributed by atoms with E-state index in [4.69, 9.17) is 4.74 Å². The fourth-order valence-corrected chi connectivity index (χ4v) is 3.56. The molecule has 3 rings (SSSR count). The molecular weight excluding hydrogens is 406 g/mol. The van der Waals surface area contributed by atoms with E-state index in [2.05, 4.69) is 15.6 Å². The molecule has 0 fully saturated rings. The van der Waals surface area contributed by atoms with Crippen molar-refractivity contribution in [1.82, 2.24) is 10.3 Å². The van der Waals surface area contributed by atoms with E-state index < -0.39 is 11.9 Å². The highest BCUT2D eigenvalue weighted by Crippen LogP contribution is 2.22. The highest BCUT2D eigenvalue weighted by Gasteiger charge is 2.24. The van der Waals surface area contributed by atoms with Crippen molar-refractivity contribution in [2.75, 3.05) is 11.9 Å². The number of rotatable bonds is 7. The molecule has 0 aliphatic heterocycles. The first kappa shape index (κ1) is 22.8. The fourth-order valence-electron chi connectivity index (χ4n) is 3.56. The number of carbonyl (C=O) groups is 3. The van der Waals surface area contributed by atoms with E-state index in [1.54, 1.807) is 45.0 Å². The monoisotopic (exact) mass is 433 g/mol. The van der Waals surface area contributed by atoms with Crippen molar-refractivity contribution in [2.24, 2.45) is 0 Å². The first-order chi connectivity index (χ1) is 15.3. The Morgan fingerprint density at radius 2 is 1.62 bits per heavy atom. The number of esters is 1. The van der Waals surface area contributed by atoms with Crippen molar-refractivity contribution >= 4 is 23.5 Å². The Kier molecular flexibility index (Phi) is 7.10. The lowest BCUT2D eigenvalue weighted by Crippen LogP contribution is -2.28. The molecule has 0 saturated heterocycles. The van der Waals surface area contributed by atoms with Crippen molar-refractivity contribution in [1.29, 1.82) is 0 Å². The van der Waals surface area contributed by atoms with Crippen molar-refractivity contribution < 1.29 is 19.1 Å². The number of hydrogen-bond acceptors (Lipinski definition) is 4. The molecule has 0 aliphatic rings. The van der Waals surface area contributed by atoms with Crippen LogP contribution in [0.25, 0.3) is 0 Å². The zero-order chi connectivity index (χ0) is 23.3. The molecule has 2 aromatic carbocycles. The number of anilines is 1. The summed E-state index contributed by atoms with van der Waals surface area (Å²) >= 11 is 0. The Bertz CT molecular complexity index is 1140. The van der Waals surface area contributed by atoms with Crippen LogP contribution in [0.1, 0.15) is 67.9 Å². The molecule has 3 N–H and O–H groups in total. The van der Waals surface area contributed by atoms with Gasteiger partial charge < -0.3 is 20.4 Å². The lowest BCUT2D eigenvalue weighted by Gasteiger charge is -2.16. The summed E-state index contributed by atoms with van der Waals surface area (Å²) < 4.78 is 5.08. The van der Waals surface area contributed by atoms with Crippen LogP contribution in [0.15, 0.2) is 54.6 Å². The molecule has 0 radical (unpaired) electrons. The van der Waals surface area contributed by atoms with Gasteiger partial charge in [-0.2, -0.15) is 0 Å². The van der Waals surface area contributed by atoms with Crippen LogP contribution in [-0.4, -0.2) is 29.4 Å². The van der Waals surface area contributed by atoms with E-state index in [1.807, 2.05) is 37.3 Å². The first-order valence-corrected chi connectivity index (χ1v) is 10.5. The highest BCUT2D eigenvalue weighted by molar-refractivity contribution is 6.10. The summed E-state index contributed by atoms with van der Waals surface area (Å²) in [6.45, 7) is 7.27. The van der Waals surface area contributed by atoms with Gasteiger partial charge in [0, 0.05) is 5.69 Å². The van der Waals surface area contributed by atoms with Crippen molar-refractivity contribution in [2.45, 2.75) is 33.7 Å². The lowest BCUT2D eigenvalue weighted by atomic mass is 10.1. The van der Waals surface area contributed by atoms with Crippen LogP contribution < -0.4 is 10.6 Å². The number of para-hydroxylation sites is 1. The minimum atomic E-state index is -0.479. The van der Waals surface area contributed by atoms with Gasteiger partial charge in [-0.3, -0.25) is 9.59 Å². The number of benzene rings is 2. The Labute approximate surface area is 187 Å². The van der Waals surface area contributed by atoms with Gasteiger partial charge in [-0.15, -0.1) is 0 Å². The number of amides is 2. The second kappa shape index (κ2) is 9.96. The maximum absolute atomic E-state index is 13.0. The molecule has 0 saturated carbocycles. The molecule has 0 aliphatic carbocycles. The van der Waals surface area contributed by atoms with Crippen LogP contribution in [0, 0.1) is 13.8 Å². The summed E-state index contributed by atoms with van der Waals surface area (Å²) in [7, 11) is 0. The Hall–Kier alpha value is -3.87.